The molecule has 120 valence electrons. The first-order chi connectivity index (χ1) is 10.3. The van der Waals surface area contributed by atoms with Gasteiger partial charge in [0, 0.05) is 31.0 Å². The van der Waals surface area contributed by atoms with E-state index in [1.165, 1.54) is 76.1 Å². The van der Waals surface area contributed by atoms with Crippen molar-refractivity contribution in [2.45, 2.75) is 62.6 Å². The monoisotopic (exact) mass is 310 g/mol. The molecule has 0 amide bonds. The molecule has 4 aliphatic heterocycles. The maximum atomic E-state index is 6.21. The molecule has 0 radical (unpaired) electrons. The van der Waals surface area contributed by atoms with Crippen LogP contribution in [0.15, 0.2) is 0 Å². The van der Waals surface area contributed by atoms with Crippen LogP contribution in [-0.4, -0.2) is 60.3 Å². The fourth-order valence-corrected chi connectivity index (χ4v) is 6.37. The van der Waals surface area contributed by atoms with Crippen molar-refractivity contribution in [1.29, 1.82) is 0 Å². The zero-order valence-corrected chi connectivity index (χ0v) is 14.0. The van der Waals surface area contributed by atoms with Gasteiger partial charge in [-0.05, 0) is 69.7 Å². The number of hydrogen-bond acceptors (Lipinski definition) is 4. The zero-order chi connectivity index (χ0) is 14.1. The lowest BCUT2D eigenvalue weighted by atomic mass is 9.85. The van der Waals surface area contributed by atoms with Crippen molar-refractivity contribution in [3.05, 3.63) is 0 Å². The maximum Gasteiger partial charge on any atom is 0.0795 e. The highest BCUT2D eigenvalue weighted by Crippen LogP contribution is 2.40. The van der Waals surface area contributed by atoms with Gasteiger partial charge >= 0.3 is 0 Å². The Morgan fingerprint density at radius 1 is 1.19 bits per heavy atom. The van der Waals surface area contributed by atoms with E-state index >= 15 is 0 Å². The number of thioether (sulfide) groups is 1. The Bertz CT molecular complexity index is 353. The third kappa shape index (κ3) is 3.15. The average molecular weight is 311 g/mol. The Morgan fingerprint density at radius 3 is 3.00 bits per heavy atom. The van der Waals surface area contributed by atoms with Crippen molar-refractivity contribution in [1.82, 2.24) is 10.2 Å². The average Bonchev–Trinajstić information content (AvgIpc) is 3.20. The molecule has 4 rings (SSSR count). The largest absolute Gasteiger partial charge is 0.374 e. The van der Waals surface area contributed by atoms with E-state index in [1.807, 2.05) is 0 Å². The highest BCUT2D eigenvalue weighted by molar-refractivity contribution is 7.99. The van der Waals surface area contributed by atoms with Crippen LogP contribution in [0.5, 0.6) is 0 Å². The molecule has 4 atom stereocenters. The van der Waals surface area contributed by atoms with Crippen LogP contribution < -0.4 is 5.32 Å². The minimum Gasteiger partial charge on any atom is -0.374 e. The van der Waals surface area contributed by atoms with Crippen LogP contribution in [0.25, 0.3) is 0 Å². The molecule has 1 N–H and O–H groups in total. The van der Waals surface area contributed by atoms with Gasteiger partial charge in [0.1, 0.15) is 0 Å². The Balaban J connectivity index is 1.38. The van der Waals surface area contributed by atoms with E-state index in [1.54, 1.807) is 0 Å². The SMILES string of the molecule is C1CNC(C2CCCN(C3CCOC4(CCSC4)C3)C2)C1. The Hall–Kier alpha value is 0.230. The first kappa shape index (κ1) is 14.8. The van der Waals surface area contributed by atoms with Crippen LogP contribution in [0, 0.1) is 5.92 Å². The predicted octanol–water partition coefficient (Wildman–Crippen LogP) is 2.51. The normalized spacial score (nSPS) is 45.4. The molecule has 0 aromatic carbocycles. The van der Waals surface area contributed by atoms with Gasteiger partial charge in [-0.15, -0.1) is 0 Å². The molecule has 1 spiro atoms. The lowest BCUT2D eigenvalue weighted by Crippen LogP contribution is -2.53. The molecule has 4 heterocycles. The number of piperidine rings is 1. The molecule has 4 heteroatoms. The standard InChI is InChI=1S/C17H30N2OS/c1-4-16(18-7-1)14-3-2-8-19(12-14)15-5-9-20-17(11-15)6-10-21-13-17/h14-16,18H,1-13H2. The molecule has 4 aliphatic rings. The van der Waals surface area contributed by atoms with Gasteiger partial charge in [0.05, 0.1) is 5.60 Å². The van der Waals surface area contributed by atoms with Crippen molar-refractivity contribution in [2.75, 3.05) is 37.7 Å². The third-order valence-electron chi connectivity index (χ3n) is 6.21. The minimum atomic E-state index is 0.242. The van der Waals surface area contributed by atoms with Gasteiger partial charge in [-0.3, -0.25) is 4.90 Å². The predicted molar refractivity (Wildman–Crippen MR) is 89.0 cm³/mol. The molecule has 4 saturated heterocycles. The van der Waals surface area contributed by atoms with Crippen LogP contribution in [0.4, 0.5) is 0 Å². The smallest absolute Gasteiger partial charge is 0.0795 e. The zero-order valence-electron chi connectivity index (χ0n) is 13.2. The summed E-state index contributed by atoms with van der Waals surface area (Å²) in [5.41, 5.74) is 0.242. The van der Waals surface area contributed by atoms with Crippen LogP contribution in [-0.2, 0) is 4.74 Å². The summed E-state index contributed by atoms with van der Waals surface area (Å²) < 4.78 is 6.21. The van der Waals surface area contributed by atoms with Crippen LogP contribution >= 0.6 is 11.8 Å². The lowest BCUT2D eigenvalue weighted by Gasteiger charge is -2.46. The number of hydrogen-bond donors (Lipinski definition) is 1. The molecular formula is C17H30N2OS. The van der Waals surface area contributed by atoms with E-state index in [9.17, 15) is 0 Å². The molecule has 0 aromatic rings. The van der Waals surface area contributed by atoms with Crippen LogP contribution in [0.2, 0.25) is 0 Å². The summed E-state index contributed by atoms with van der Waals surface area (Å²) >= 11 is 2.10. The van der Waals surface area contributed by atoms with Crippen molar-refractivity contribution >= 4 is 11.8 Å². The highest BCUT2D eigenvalue weighted by atomic mass is 32.2. The van der Waals surface area contributed by atoms with Gasteiger partial charge < -0.3 is 10.1 Å². The summed E-state index contributed by atoms with van der Waals surface area (Å²) in [6.45, 7) is 4.91. The van der Waals surface area contributed by atoms with Crippen molar-refractivity contribution < 1.29 is 4.74 Å². The summed E-state index contributed by atoms with van der Waals surface area (Å²) in [7, 11) is 0. The third-order valence-corrected chi connectivity index (χ3v) is 7.43. The Kier molecular flexibility index (Phi) is 4.50. The second kappa shape index (κ2) is 6.38. The van der Waals surface area contributed by atoms with Crippen molar-refractivity contribution in [2.24, 2.45) is 5.92 Å². The maximum absolute atomic E-state index is 6.21. The Morgan fingerprint density at radius 2 is 2.19 bits per heavy atom. The fourth-order valence-electron chi connectivity index (χ4n) is 4.99. The number of nitrogens with zero attached hydrogens (tertiary/aromatic N) is 1. The number of nitrogens with one attached hydrogen (secondary N) is 1. The number of ether oxygens (including phenoxy) is 1. The minimum absolute atomic E-state index is 0.242. The molecule has 4 fully saturated rings. The summed E-state index contributed by atoms with van der Waals surface area (Å²) in [4.78, 5) is 2.83. The van der Waals surface area contributed by atoms with E-state index in [-0.39, 0.29) is 5.60 Å². The van der Waals surface area contributed by atoms with E-state index < -0.39 is 0 Å². The van der Waals surface area contributed by atoms with Crippen molar-refractivity contribution in [3.63, 3.8) is 0 Å². The topological polar surface area (TPSA) is 24.5 Å². The summed E-state index contributed by atoms with van der Waals surface area (Å²) in [6.07, 6.45) is 9.49. The van der Waals surface area contributed by atoms with E-state index in [0.29, 0.717) is 0 Å². The first-order valence-corrected chi connectivity index (χ1v) is 10.2. The second-order valence-electron chi connectivity index (χ2n) is 7.58. The van der Waals surface area contributed by atoms with Gasteiger partial charge in [-0.1, -0.05) is 0 Å². The molecule has 4 unspecified atom stereocenters. The second-order valence-corrected chi connectivity index (χ2v) is 8.69. The van der Waals surface area contributed by atoms with Gasteiger partial charge in [0.25, 0.3) is 0 Å². The highest BCUT2D eigenvalue weighted by Gasteiger charge is 2.43. The molecule has 0 bridgehead atoms. The molecule has 0 aliphatic carbocycles. The molecule has 21 heavy (non-hydrogen) atoms. The van der Waals surface area contributed by atoms with Gasteiger partial charge in [0.2, 0.25) is 0 Å². The summed E-state index contributed by atoms with van der Waals surface area (Å²) in [5, 5.41) is 3.74. The van der Waals surface area contributed by atoms with E-state index in [0.717, 1.165) is 24.6 Å². The quantitative estimate of drug-likeness (QED) is 0.847. The number of rotatable bonds is 2. The summed E-state index contributed by atoms with van der Waals surface area (Å²) in [6, 6.07) is 1.60. The lowest BCUT2D eigenvalue weighted by molar-refractivity contribution is -0.0945. The number of likely N-dealkylation sites (tertiary alicyclic amines) is 1. The van der Waals surface area contributed by atoms with Crippen LogP contribution in [0.3, 0.4) is 0 Å². The fraction of sp³-hybridized carbons (Fsp3) is 1.00. The molecule has 0 aromatic heterocycles. The molecule has 0 saturated carbocycles. The van der Waals surface area contributed by atoms with Gasteiger partial charge in [-0.25, -0.2) is 0 Å². The molecule has 3 nitrogen and oxygen atoms in total. The molecular weight excluding hydrogens is 280 g/mol. The summed E-state index contributed by atoms with van der Waals surface area (Å²) in [5.74, 6) is 3.45. The van der Waals surface area contributed by atoms with E-state index in [4.69, 9.17) is 4.74 Å². The van der Waals surface area contributed by atoms with E-state index in [2.05, 4.69) is 22.0 Å². The van der Waals surface area contributed by atoms with Gasteiger partial charge in [0.15, 0.2) is 0 Å². The van der Waals surface area contributed by atoms with Crippen molar-refractivity contribution in [3.8, 4) is 0 Å². The van der Waals surface area contributed by atoms with Crippen LogP contribution in [0.1, 0.15) is 44.9 Å². The van der Waals surface area contributed by atoms with Gasteiger partial charge in [-0.2, -0.15) is 11.8 Å². The Labute approximate surface area is 133 Å². The first-order valence-electron chi connectivity index (χ1n) is 9.04.